The minimum Gasteiger partial charge on any atom is -0.497 e. The van der Waals surface area contributed by atoms with Crippen LogP contribution >= 0.6 is 0 Å². The molecule has 0 saturated carbocycles. The van der Waals surface area contributed by atoms with Gasteiger partial charge in [0, 0.05) is 25.1 Å². The molecule has 0 spiro atoms. The molecule has 0 amide bonds. The number of imidazole rings is 1. The summed E-state index contributed by atoms with van der Waals surface area (Å²) in [4.78, 5) is 7.61. The Balaban J connectivity index is 1.53. The lowest BCUT2D eigenvalue weighted by molar-refractivity contribution is 0.121. The van der Waals surface area contributed by atoms with Gasteiger partial charge < -0.3 is 9.30 Å². The van der Waals surface area contributed by atoms with Crippen LogP contribution in [0.25, 0.3) is 11.3 Å². The average molecular weight is 470 g/mol. The first-order chi connectivity index (χ1) is 16.8. The summed E-state index contributed by atoms with van der Waals surface area (Å²) < 4.78 is 21.4. The molecule has 5 rings (SSSR count). The maximum Gasteiger partial charge on any atom is 0.124 e. The number of ether oxygens (including phenoxy) is 1. The highest BCUT2D eigenvalue weighted by molar-refractivity contribution is 5.63. The molecule has 5 heteroatoms. The van der Waals surface area contributed by atoms with Crippen LogP contribution in [0.3, 0.4) is 0 Å². The average Bonchev–Trinajstić information content (AvgIpc) is 3.20. The maximum atomic E-state index is 13.7. The monoisotopic (exact) mass is 469 g/mol. The number of aryl methyl sites for hydroxylation is 1. The fourth-order valence-electron chi connectivity index (χ4n) is 5.20. The lowest BCUT2D eigenvalue weighted by Crippen LogP contribution is -2.47. The summed E-state index contributed by atoms with van der Waals surface area (Å²) in [6.07, 6.45) is 0.780. The fourth-order valence-corrected chi connectivity index (χ4v) is 5.20. The summed E-state index contributed by atoms with van der Waals surface area (Å²) in [5.41, 5.74) is 6.68. The van der Waals surface area contributed by atoms with Crippen LogP contribution in [0.4, 0.5) is 4.39 Å². The highest BCUT2D eigenvalue weighted by Crippen LogP contribution is 2.36. The molecule has 180 valence electrons. The SMILES string of the molecule is COc1ccc(CN2Cc3nc(-c4ccc(F)cc4)c(Cc4ccc(C)cc4)n3C(C)(C)C2)cc1. The smallest absolute Gasteiger partial charge is 0.124 e. The number of rotatable bonds is 6. The molecular weight excluding hydrogens is 437 g/mol. The molecule has 35 heavy (non-hydrogen) atoms. The molecule has 0 fully saturated rings. The topological polar surface area (TPSA) is 30.3 Å². The van der Waals surface area contributed by atoms with Crippen LogP contribution in [0.2, 0.25) is 0 Å². The van der Waals surface area contributed by atoms with E-state index in [0.717, 1.165) is 48.9 Å². The van der Waals surface area contributed by atoms with Gasteiger partial charge in [-0.25, -0.2) is 9.37 Å². The van der Waals surface area contributed by atoms with Gasteiger partial charge in [-0.05, 0) is 68.3 Å². The van der Waals surface area contributed by atoms with E-state index in [0.29, 0.717) is 0 Å². The first kappa shape index (κ1) is 23.3. The zero-order valence-corrected chi connectivity index (χ0v) is 20.9. The van der Waals surface area contributed by atoms with E-state index in [1.165, 1.54) is 34.5 Å². The normalized spacial score (nSPS) is 15.1. The molecule has 0 aliphatic carbocycles. The third kappa shape index (κ3) is 4.87. The molecule has 0 unspecified atom stereocenters. The Hall–Kier alpha value is -3.44. The quantitative estimate of drug-likeness (QED) is 0.330. The second kappa shape index (κ2) is 9.31. The highest BCUT2D eigenvalue weighted by atomic mass is 19.1. The van der Waals surface area contributed by atoms with E-state index in [4.69, 9.17) is 9.72 Å². The van der Waals surface area contributed by atoms with Crippen molar-refractivity contribution < 1.29 is 9.13 Å². The Morgan fingerprint density at radius 1 is 0.914 bits per heavy atom. The van der Waals surface area contributed by atoms with Crippen molar-refractivity contribution in [3.8, 4) is 17.0 Å². The summed E-state index contributed by atoms with van der Waals surface area (Å²) in [5.74, 6) is 1.69. The first-order valence-corrected chi connectivity index (χ1v) is 12.1. The number of hydrogen-bond donors (Lipinski definition) is 0. The molecule has 0 N–H and O–H groups in total. The van der Waals surface area contributed by atoms with E-state index >= 15 is 0 Å². The van der Waals surface area contributed by atoms with E-state index in [2.05, 4.69) is 66.6 Å². The van der Waals surface area contributed by atoms with Gasteiger partial charge in [-0.1, -0.05) is 42.0 Å². The number of halogens is 1. The lowest BCUT2D eigenvalue weighted by atomic mass is 9.97. The largest absolute Gasteiger partial charge is 0.497 e. The molecule has 4 nitrogen and oxygen atoms in total. The van der Waals surface area contributed by atoms with Crippen molar-refractivity contribution in [1.82, 2.24) is 14.5 Å². The molecule has 1 aromatic heterocycles. The molecule has 2 heterocycles. The van der Waals surface area contributed by atoms with Gasteiger partial charge in [0.15, 0.2) is 0 Å². The van der Waals surface area contributed by atoms with Gasteiger partial charge in [-0.3, -0.25) is 4.90 Å². The summed E-state index contributed by atoms with van der Waals surface area (Å²) in [6.45, 7) is 9.19. The van der Waals surface area contributed by atoms with Crippen LogP contribution in [0.1, 0.15) is 42.1 Å². The van der Waals surface area contributed by atoms with Crippen molar-refractivity contribution in [2.24, 2.45) is 0 Å². The van der Waals surface area contributed by atoms with E-state index in [1.54, 1.807) is 7.11 Å². The van der Waals surface area contributed by atoms with Crippen LogP contribution in [0.5, 0.6) is 5.75 Å². The Bertz CT molecular complexity index is 1310. The third-order valence-electron chi connectivity index (χ3n) is 6.80. The minimum atomic E-state index is -0.233. The van der Waals surface area contributed by atoms with Crippen molar-refractivity contribution in [2.75, 3.05) is 13.7 Å². The van der Waals surface area contributed by atoms with Crippen LogP contribution in [0, 0.1) is 12.7 Å². The number of methoxy groups -OCH3 is 1. The molecule has 0 saturated heterocycles. The van der Waals surface area contributed by atoms with E-state index in [-0.39, 0.29) is 11.4 Å². The zero-order valence-electron chi connectivity index (χ0n) is 20.9. The summed E-state index contributed by atoms with van der Waals surface area (Å²) in [6, 6.07) is 23.7. The van der Waals surface area contributed by atoms with E-state index in [9.17, 15) is 4.39 Å². The fraction of sp³-hybridized carbons (Fsp3) is 0.300. The van der Waals surface area contributed by atoms with E-state index < -0.39 is 0 Å². The Morgan fingerprint density at radius 3 is 2.23 bits per heavy atom. The molecule has 0 bridgehead atoms. The lowest BCUT2D eigenvalue weighted by Gasteiger charge is -2.41. The molecule has 3 aromatic carbocycles. The van der Waals surface area contributed by atoms with Gasteiger partial charge in [0.25, 0.3) is 0 Å². The van der Waals surface area contributed by atoms with Gasteiger partial charge >= 0.3 is 0 Å². The molecule has 0 radical (unpaired) electrons. The number of fused-ring (bicyclic) bond motifs is 1. The zero-order chi connectivity index (χ0) is 24.6. The number of aromatic nitrogens is 2. The van der Waals surface area contributed by atoms with Crippen LogP contribution < -0.4 is 4.74 Å². The molecule has 0 atom stereocenters. The predicted molar refractivity (Wildman–Crippen MR) is 138 cm³/mol. The van der Waals surface area contributed by atoms with Crippen molar-refractivity contribution in [3.63, 3.8) is 0 Å². The second-order valence-corrected chi connectivity index (χ2v) is 10.1. The second-order valence-electron chi connectivity index (χ2n) is 10.1. The Labute approximate surface area is 207 Å². The maximum absolute atomic E-state index is 13.7. The van der Waals surface area contributed by atoms with Gasteiger partial charge in [0.2, 0.25) is 0 Å². The summed E-state index contributed by atoms with van der Waals surface area (Å²) in [7, 11) is 1.69. The van der Waals surface area contributed by atoms with Crippen molar-refractivity contribution in [2.45, 2.75) is 45.8 Å². The predicted octanol–water partition coefficient (Wildman–Crippen LogP) is 6.35. The van der Waals surface area contributed by atoms with Gasteiger partial charge in [-0.2, -0.15) is 0 Å². The number of benzene rings is 3. The van der Waals surface area contributed by atoms with E-state index in [1.807, 2.05) is 24.3 Å². The van der Waals surface area contributed by atoms with Crippen molar-refractivity contribution in [1.29, 1.82) is 0 Å². The van der Waals surface area contributed by atoms with Gasteiger partial charge in [0.05, 0.1) is 30.6 Å². The summed E-state index contributed by atoms with van der Waals surface area (Å²) in [5, 5.41) is 0. The Kier molecular flexibility index (Phi) is 6.20. The number of hydrogen-bond acceptors (Lipinski definition) is 3. The van der Waals surface area contributed by atoms with Crippen LogP contribution in [-0.4, -0.2) is 28.1 Å². The van der Waals surface area contributed by atoms with Gasteiger partial charge in [0.1, 0.15) is 17.4 Å². The molecular formula is C30H32FN3O. The number of nitrogens with zero attached hydrogens (tertiary/aromatic N) is 3. The van der Waals surface area contributed by atoms with Crippen molar-refractivity contribution >= 4 is 0 Å². The van der Waals surface area contributed by atoms with Gasteiger partial charge in [-0.15, -0.1) is 0 Å². The molecule has 1 aliphatic heterocycles. The highest BCUT2D eigenvalue weighted by Gasteiger charge is 2.36. The van der Waals surface area contributed by atoms with Crippen LogP contribution in [0.15, 0.2) is 72.8 Å². The minimum absolute atomic E-state index is 0.147. The van der Waals surface area contributed by atoms with Crippen molar-refractivity contribution in [3.05, 3.63) is 107 Å². The molecule has 4 aromatic rings. The summed E-state index contributed by atoms with van der Waals surface area (Å²) >= 11 is 0. The first-order valence-electron chi connectivity index (χ1n) is 12.1. The molecule has 1 aliphatic rings. The third-order valence-corrected chi connectivity index (χ3v) is 6.80. The van der Waals surface area contributed by atoms with Crippen LogP contribution in [-0.2, 0) is 25.0 Å². The standard InChI is InChI=1S/C30H32FN3O/c1-21-5-7-22(8-6-21)17-27-29(24-11-13-25(31)14-12-24)32-28-19-33(20-30(2,3)34(27)28)18-23-9-15-26(35-4)16-10-23/h5-16H,17-20H2,1-4H3. The Morgan fingerprint density at radius 2 is 1.57 bits per heavy atom.